The second-order valence-electron chi connectivity index (χ2n) is 6.81. The van der Waals surface area contributed by atoms with Gasteiger partial charge < -0.3 is 4.74 Å². The van der Waals surface area contributed by atoms with Crippen LogP contribution in [0.1, 0.15) is 28.8 Å². The van der Waals surface area contributed by atoms with E-state index in [1.54, 1.807) is 0 Å². The Kier molecular flexibility index (Phi) is 5.55. The van der Waals surface area contributed by atoms with Gasteiger partial charge in [0.2, 0.25) is 0 Å². The maximum Gasteiger partial charge on any atom is 0.149 e. The predicted molar refractivity (Wildman–Crippen MR) is 103 cm³/mol. The molecule has 0 unspecified atom stereocenters. The standard InChI is InChI=1S/C21H25N5O/c1-17-23-21(26(24-17)11-9-18-6-3-2-4-7-18)20(19-8-5-10-22-16-19)25-12-14-27-15-13-25/h2-8,10,16,20H,9,11-15H2,1H3/t20-/m1/s1. The van der Waals surface area contributed by atoms with E-state index in [0.29, 0.717) is 0 Å². The summed E-state index contributed by atoms with van der Waals surface area (Å²) in [6.45, 7) is 6.01. The molecule has 0 amide bonds. The van der Waals surface area contributed by atoms with E-state index in [9.17, 15) is 0 Å². The molecule has 4 rings (SSSR count). The van der Waals surface area contributed by atoms with Gasteiger partial charge in [0.15, 0.2) is 0 Å². The van der Waals surface area contributed by atoms with Crippen LogP contribution in [0.4, 0.5) is 0 Å². The Morgan fingerprint density at radius 1 is 1.07 bits per heavy atom. The highest BCUT2D eigenvalue weighted by atomic mass is 16.5. The molecule has 1 saturated heterocycles. The van der Waals surface area contributed by atoms with Crippen molar-refractivity contribution in [2.24, 2.45) is 0 Å². The van der Waals surface area contributed by atoms with E-state index < -0.39 is 0 Å². The first-order valence-corrected chi connectivity index (χ1v) is 9.48. The molecule has 0 N–H and O–H groups in total. The maximum atomic E-state index is 5.56. The molecule has 1 aromatic carbocycles. The van der Waals surface area contributed by atoms with Gasteiger partial charge in [-0.1, -0.05) is 36.4 Å². The van der Waals surface area contributed by atoms with Gasteiger partial charge in [-0.3, -0.25) is 9.88 Å². The lowest BCUT2D eigenvalue weighted by atomic mass is 10.1. The van der Waals surface area contributed by atoms with Gasteiger partial charge in [-0.2, -0.15) is 5.10 Å². The van der Waals surface area contributed by atoms with E-state index in [1.807, 2.05) is 31.5 Å². The molecular weight excluding hydrogens is 338 g/mol. The third-order valence-corrected chi connectivity index (χ3v) is 4.92. The minimum absolute atomic E-state index is 0.0413. The average molecular weight is 363 g/mol. The molecule has 1 fully saturated rings. The molecule has 6 nitrogen and oxygen atoms in total. The summed E-state index contributed by atoms with van der Waals surface area (Å²) in [6.07, 6.45) is 4.68. The molecule has 0 bridgehead atoms. The molecule has 0 radical (unpaired) electrons. The Balaban J connectivity index is 1.65. The smallest absolute Gasteiger partial charge is 0.149 e. The lowest BCUT2D eigenvalue weighted by Crippen LogP contribution is -2.40. The number of aromatic nitrogens is 4. The second kappa shape index (κ2) is 8.41. The summed E-state index contributed by atoms with van der Waals surface area (Å²) in [6, 6.07) is 14.7. The number of morpholine rings is 1. The molecule has 27 heavy (non-hydrogen) atoms. The maximum absolute atomic E-state index is 5.56. The largest absolute Gasteiger partial charge is 0.379 e. The van der Waals surface area contributed by atoms with Gasteiger partial charge in [0, 0.05) is 32.0 Å². The Morgan fingerprint density at radius 3 is 2.63 bits per heavy atom. The van der Waals surface area contributed by atoms with Crippen LogP contribution in [0.3, 0.4) is 0 Å². The molecule has 0 saturated carbocycles. The quantitative estimate of drug-likeness (QED) is 0.674. The van der Waals surface area contributed by atoms with Crippen LogP contribution in [-0.2, 0) is 17.7 Å². The molecule has 1 aliphatic rings. The first-order valence-electron chi connectivity index (χ1n) is 9.48. The number of rotatable bonds is 6. The van der Waals surface area contributed by atoms with Crippen LogP contribution in [0.5, 0.6) is 0 Å². The highest BCUT2D eigenvalue weighted by molar-refractivity contribution is 5.23. The second-order valence-corrected chi connectivity index (χ2v) is 6.81. The fourth-order valence-corrected chi connectivity index (χ4v) is 3.61. The van der Waals surface area contributed by atoms with E-state index in [2.05, 4.69) is 44.9 Å². The number of hydrogen-bond donors (Lipinski definition) is 0. The highest BCUT2D eigenvalue weighted by Gasteiger charge is 2.29. The molecule has 1 atom stereocenters. The molecule has 140 valence electrons. The van der Waals surface area contributed by atoms with Crippen LogP contribution in [-0.4, -0.2) is 51.0 Å². The van der Waals surface area contributed by atoms with E-state index in [1.165, 1.54) is 5.56 Å². The van der Waals surface area contributed by atoms with Crippen LogP contribution in [0.2, 0.25) is 0 Å². The normalized spacial score (nSPS) is 16.3. The fourth-order valence-electron chi connectivity index (χ4n) is 3.61. The summed E-state index contributed by atoms with van der Waals surface area (Å²) in [5.74, 6) is 1.79. The summed E-state index contributed by atoms with van der Waals surface area (Å²) in [4.78, 5) is 11.6. The fraction of sp³-hybridized carbons (Fsp3) is 0.381. The number of pyridine rings is 1. The van der Waals surface area contributed by atoms with Crippen molar-refractivity contribution in [2.75, 3.05) is 26.3 Å². The summed E-state index contributed by atoms with van der Waals surface area (Å²) in [5.41, 5.74) is 2.45. The molecular formula is C21H25N5O. The third kappa shape index (κ3) is 4.23. The molecule has 3 heterocycles. The summed E-state index contributed by atoms with van der Waals surface area (Å²) in [5, 5.41) is 4.69. The number of benzene rings is 1. The van der Waals surface area contributed by atoms with E-state index in [-0.39, 0.29) is 6.04 Å². The van der Waals surface area contributed by atoms with Crippen molar-refractivity contribution >= 4 is 0 Å². The lowest BCUT2D eigenvalue weighted by Gasteiger charge is -2.34. The molecule has 1 aliphatic heterocycles. The van der Waals surface area contributed by atoms with E-state index in [4.69, 9.17) is 14.8 Å². The number of aryl methyl sites for hydroxylation is 3. The van der Waals surface area contributed by atoms with Crippen molar-refractivity contribution in [2.45, 2.75) is 25.9 Å². The van der Waals surface area contributed by atoms with Gasteiger partial charge in [-0.25, -0.2) is 9.67 Å². The first kappa shape index (κ1) is 17.8. The van der Waals surface area contributed by atoms with Gasteiger partial charge >= 0.3 is 0 Å². The van der Waals surface area contributed by atoms with Crippen molar-refractivity contribution < 1.29 is 4.74 Å². The minimum Gasteiger partial charge on any atom is -0.379 e. The SMILES string of the molecule is Cc1nc([C@@H](c2cccnc2)N2CCOCC2)n(CCc2ccccc2)n1. The zero-order valence-corrected chi connectivity index (χ0v) is 15.7. The molecule has 0 aliphatic carbocycles. The Hall–Kier alpha value is -2.57. The van der Waals surface area contributed by atoms with Crippen molar-refractivity contribution in [3.05, 3.63) is 77.6 Å². The van der Waals surface area contributed by atoms with Gasteiger partial charge in [0.25, 0.3) is 0 Å². The van der Waals surface area contributed by atoms with Crippen LogP contribution >= 0.6 is 0 Å². The average Bonchev–Trinajstić information content (AvgIpc) is 3.09. The number of hydrogen-bond acceptors (Lipinski definition) is 5. The third-order valence-electron chi connectivity index (χ3n) is 4.92. The lowest BCUT2D eigenvalue weighted by molar-refractivity contribution is 0.0215. The number of ether oxygens (including phenoxy) is 1. The van der Waals surface area contributed by atoms with Gasteiger partial charge in [-0.15, -0.1) is 0 Å². The Morgan fingerprint density at radius 2 is 1.89 bits per heavy atom. The molecule has 2 aromatic heterocycles. The minimum atomic E-state index is 0.0413. The van der Waals surface area contributed by atoms with E-state index >= 15 is 0 Å². The van der Waals surface area contributed by atoms with Crippen molar-refractivity contribution in [1.82, 2.24) is 24.6 Å². The van der Waals surface area contributed by atoms with Gasteiger partial charge in [0.05, 0.1) is 19.3 Å². The highest BCUT2D eigenvalue weighted by Crippen LogP contribution is 2.28. The zero-order chi connectivity index (χ0) is 18.5. The number of nitrogens with zero attached hydrogens (tertiary/aromatic N) is 5. The van der Waals surface area contributed by atoms with Crippen molar-refractivity contribution in [1.29, 1.82) is 0 Å². The topological polar surface area (TPSA) is 56.1 Å². The van der Waals surface area contributed by atoms with Crippen LogP contribution in [0.25, 0.3) is 0 Å². The molecule has 0 spiro atoms. The summed E-state index contributed by atoms with van der Waals surface area (Å²) >= 11 is 0. The molecule has 3 aromatic rings. The van der Waals surface area contributed by atoms with Crippen LogP contribution in [0, 0.1) is 6.92 Å². The van der Waals surface area contributed by atoms with Crippen LogP contribution < -0.4 is 0 Å². The summed E-state index contributed by atoms with van der Waals surface area (Å²) < 4.78 is 7.63. The summed E-state index contributed by atoms with van der Waals surface area (Å²) in [7, 11) is 0. The molecule has 6 heteroatoms. The van der Waals surface area contributed by atoms with Gasteiger partial charge in [-0.05, 0) is 30.5 Å². The predicted octanol–water partition coefficient (Wildman–Crippen LogP) is 2.65. The Bertz CT molecular complexity index is 844. The first-order chi connectivity index (χ1) is 13.3. The van der Waals surface area contributed by atoms with Crippen molar-refractivity contribution in [3.63, 3.8) is 0 Å². The van der Waals surface area contributed by atoms with Gasteiger partial charge in [0.1, 0.15) is 11.6 Å². The monoisotopic (exact) mass is 363 g/mol. The van der Waals surface area contributed by atoms with Crippen molar-refractivity contribution in [3.8, 4) is 0 Å². The van der Waals surface area contributed by atoms with E-state index in [0.717, 1.165) is 56.5 Å². The zero-order valence-electron chi connectivity index (χ0n) is 15.7. The Labute approximate surface area is 159 Å². The van der Waals surface area contributed by atoms with Crippen LogP contribution in [0.15, 0.2) is 54.9 Å².